The highest BCUT2D eigenvalue weighted by molar-refractivity contribution is 6.01. The monoisotopic (exact) mass is 472 g/mol. The fourth-order valence-electron chi connectivity index (χ4n) is 3.94. The molecule has 34 heavy (non-hydrogen) atoms. The smallest absolute Gasteiger partial charge is 0.263 e. The summed E-state index contributed by atoms with van der Waals surface area (Å²) < 4.78 is 27.5. The average Bonchev–Trinajstić information content (AvgIpc) is 2.80. The Balaban J connectivity index is 1.95. The average molecular weight is 473 g/mol. The van der Waals surface area contributed by atoms with Crippen molar-refractivity contribution in [2.45, 2.75) is 38.8 Å². The van der Waals surface area contributed by atoms with Crippen LogP contribution in [0.2, 0.25) is 0 Å². The van der Waals surface area contributed by atoms with Gasteiger partial charge in [-0.1, -0.05) is 32.9 Å². The summed E-state index contributed by atoms with van der Waals surface area (Å²) in [6.45, 7) is 6.88. The lowest BCUT2D eigenvalue weighted by atomic mass is 9.86. The summed E-state index contributed by atoms with van der Waals surface area (Å²) in [7, 11) is 0. The van der Waals surface area contributed by atoms with Gasteiger partial charge < -0.3 is 20.9 Å². The van der Waals surface area contributed by atoms with Crippen molar-refractivity contribution in [1.82, 2.24) is 15.1 Å². The Kier molecular flexibility index (Phi) is 7.66. The lowest BCUT2D eigenvalue weighted by Gasteiger charge is -2.42. The van der Waals surface area contributed by atoms with Crippen molar-refractivity contribution in [2.75, 3.05) is 26.2 Å². The predicted octanol–water partition coefficient (Wildman–Crippen LogP) is 2.65. The Bertz CT molecular complexity index is 1050. The van der Waals surface area contributed by atoms with E-state index in [0.717, 1.165) is 17.7 Å². The Morgan fingerprint density at radius 1 is 0.941 bits per heavy atom. The van der Waals surface area contributed by atoms with Gasteiger partial charge in [-0.25, -0.2) is 8.78 Å². The van der Waals surface area contributed by atoms with Crippen LogP contribution < -0.4 is 11.1 Å². The Morgan fingerprint density at radius 2 is 1.47 bits per heavy atom. The zero-order valence-electron chi connectivity index (χ0n) is 19.6. The number of nitrogens with one attached hydrogen (secondary N) is 1. The molecule has 1 heterocycles. The molecule has 0 radical (unpaired) electrons. The Labute approximate surface area is 197 Å². The van der Waals surface area contributed by atoms with Gasteiger partial charge in [-0.3, -0.25) is 14.4 Å². The third kappa shape index (κ3) is 5.59. The molecule has 0 aliphatic carbocycles. The minimum Gasteiger partial charge on any atom is -0.351 e. The van der Waals surface area contributed by atoms with E-state index in [9.17, 15) is 23.2 Å². The summed E-state index contributed by atoms with van der Waals surface area (Å²) in [6.07, 6.45) is -0.885. The number of carbonyl (C=O) groups is 3. The highest BCUT2D eigenvalue weighted by Crippen LogP contribution is 2.25. The first kappa shape index (κ1) is 25.3. The van der Waals surface area contributed by atoms with Gasteiger partial charge in [0.05, 0.1) is 0 Å². The summed E-state index contributed by atoms with van der Waals surface area (Å²) in [5.41, 5.74) is 6.58. The van der Waals surface area contributed by atoms with Crippen molar-refractivity contribution in [2.24, 2.45) is 5.73 Å². The van der Waals surface area contributed by atoms with E-state index in [2.05, 4.69) is 26.1 Å². The maximum atomic E-state index is 13.8. The summed E-state index contributed by atoms with van der Waals surface area (Å²) in [5.74, 6) is -3.56. The second-order valence-electron chi connectivity index (χ2n) is 9.29. The SMILES string of the molecule is CC(C)(C)c1ccc(C(=O)N2CCCN(C(=O)c3cc(F)cc(F)c3)C2C(=O)NCCN)cc1. The van der Waals surface area contributed by atoms with Crippen molar-refractivity contribution in [3.63, 3.8) is 0 Å². The molecule has 182 valence electrons. The number of nitrogens with two attached hydrogens (primary N) is 1. The lowest BCUT2D eigenvalue weighted by molar-refractivity contribution is -0.132. The number of amides is 3. The van der Waals surface area contributed by atoms with E-state index in [-0.39, 0.29) is 37.2 Å². The van der Waals surface area contributed by atoms with Gasteiger partial charge in [-0.05, 0) is 41.7 Å². The van der Waals surface area contributed by atoms with Crippen LogP contribution in [-0.2, 0) is 10.2 Å². The molecule has 2 aromatic rings. The Morgan fingerprint density at radius 3 is 1.97 bits per heavy atom. The van der Waals surface area contributed by atoms with Crippen LogP contribution in [0.1, 0.15) is 53.5 Å². The Hall–Kier alpha value is -3.33. The zero-order chi connectivity index (χ0) is 25.0. The first-order chi connectivity index (χ1) is 16.0. The molecule has 0 spiro atoms. The van der Waals surface area contributed by atoms with Crippen molar-refractivity contribution in [3.8, 4) is 0 Å². The molecule has 1 fully saturated rings. The first-order valence-electron chi connectivity index (χ1n) is 11.2. The zero-order valence-corrected chi connectivity index (χ0v) is 19.6. The van der Waals surface area contributed by atoms with Gasteiger partial charge in [-0.15, -0.1) is 0 Å². The van der Waals surface area contributed by atoms with Crippen LogP contribution in [0, 0.1) is 11.6 Å². The molecule has 3 rings (SSSR count). The normalized spacial score (nSPS) is 16.4. The lowest BCUT2D eigenvalue weighted by Crippen LogP contribution is -2.63. The number of hydrogen-bond donors (Lipinski definition) is 2. The van der Waals surface area contributed by atoms with E-state index >= 15 is 0 Å². The minimum atomic E-state index is -1.28. The first-order valence-corrected chi connectivity index (χ1v) is 11.2. The van der Waals surface area contributed by atoms with Gasteiger partial charge in [-0.2, -0.15) is 0 Å². The number of hydrogen-bond acceptors (Lipinski definition) is 4. The summed E-state index contributed by atoms with van der Waals surface area (Å²) in [4.78, 5) is 42.2. The highest BCUT2D eigenvalue weighted by atomic mass is 19.1. The third-order valence-corrected chi connectivity index (χ3v) is 5.70. The summed E-state index contributed by atoms with van der Waals surface area (Å²) in [6, 6.07) is 9.59. The molecular weight excluding hydrogens is 442 g/mol. The van der Waals surface area contributed by atoms with E-state index in [0.29, 0.717) is 18.1 Å². The number of halogens is 2. The summed E-state index contributed by atoms with van der Waals surface area (Å²) in [5, 5.41) is 2.63. The number of carbonyl (C=O) groups excluding carboxylic acids is 3. The third-order valence-electron chi connectivity index (χ3n) is 5.70. The molecule has 1 saturated heterocycles. The van der Waals surface area contributed by atoms with E-state index in [1.54, 1.807) is 12.1 Å². The van der Waals surface area contributed by atoms with Crippen LogP contribution in [0.25, 0.3) is 0 Å². The van der Waals surface area contributed by atoms with Crippen LogP contribution in [-0.4, -0.2) is 59.9 Å². The number of rotatable bonds is 5. The maximum absolute atomic E-state index is 13.8. The number of nitrogens with zero attached hydrogens (tertiary/aromatic N) is 2. The van der Waals surface area contributed by atoms with E-state index < -0.39 is 35.5 Å². The van der Waals surface area contributed by atoms with Crippen molar-refractivity contribution < 1.29 is 23.2 Å². The van der Waals surface area contributed by atoms with Gasteiger partial charge in [0.15, 0.2) is 6.17 Å². The molecule has 0 bridgehead atoms. The van der Waals surface area contributed by atoms with E-state index in [4.69, 9.17) is 5.73 Å². The quantitative estimate of drug-likeness (QED) is 0.700. The molecule has 9 heteroatoms. The number of benzene rings is 2. The minimum absolute atomic E-state index is 0.0964. The van der Waals surface area contributed by atoms with Gasteiger partial charge in [0.1, 0.15) is 11.6 Å². The molecule has 7 nitrogen and oxygen atoms in total. The molecule has 1 unspecified atom stereocenters. The maximum Gasteiger partial charge on any atom is 0.263 e. The fourth-order valence-corrected chi connectivity index (χ4v) is 3.94. The van der Waals surface area contributed by atoms with Gasteiger partial charge >= 0.3 is 0 Å². The fraction of sp³-hybridized carbons (Fsp3) is 0.400. The van der Waals surface area contributed by atoms with Crippen LogP contribution in [0.3, 0.4) is 0 Å². The van der Waals surface area contributed by atoms with Crippen LogP contribution >= 0.6 is 0 Å². The van der Waals surface area contributed by atoms with Crippen LogP contribution in [0.15, 0.2) is 42.5 Å². The predicted molar refractivity (Wildman–Crippen MR) is 124 cm³/mol. The van der Waals surface area contributed by atoms with Crippen LogP contribution in [0.4, 0.5) is 8.78 Å². The topological polar surface area (TPSA) is 95.7 Å². The van der Waals surface area contributed by atoms with Gasteiger partial charge in [0, 0.05) is 43.4 Å². The highest BCUT2D eigenvalue weighted by Gasteiger charge is 2.40. The summed E-state index contributed by atoms with van der Waals surface area (Å²) >= 11 is 0. The molecule has 0 aromatic heterocycles. The molecule has 1 aliphatic rings. The molecular formula is C25H30F2N4O3. The second-order valence-corrected chi connectivity index (χ2v) is 9.29. The molecule has 1 atom stereocenters. The van der Waals surface area contributed by atoms with Crippen molar-refractivity contribution in [3.05, 3.63) is 70.8 Å². The van der Waals surface area contributed by atoms with E-state index in [1.807, 2.05) is 12.1 Å². The molecule has 0 saturated carbocycles. The molecule has 3 amide bonds. The van der Waals surface area contributed by atoms with Crippen molar-refractivity contribution in [1.29, 1.82) is 0 Å². The largest absolute Gasteiger partial charge is 0.351 e. The standard InChI is InChI=1S/C25H30F2N4O3/c1-25(2,3)18-7-5-16(6-8-18)23(33)30-11-4-12-31(22(30)21(32)29-10-9-28)24(34)17-13-19(26)15-20(27)14-17/h5-8,13-15,22H,4,9-12,28H2,1-3H3,(H,29,32). The van der Waals surface area contributed by atoms with E-state index in [1.165, 1.54) is 9.80 Å². The van der Waals surface area contributed by atoms with Crippen molar-refractivity contribution >= 4 is 17.7 Å². The second kappa shape index (κ2) is 10.3. The molecule has 1 aliphatic heterocycles. The van der Waals surface area contributed by atoms with Crippen LogP contribution in [0.5, 0.6) is 0 Å². The molecule has 3 N–H and O–H groups in total. The van der Waals surface area contributed by atoms with Gasteiger partial charge in [0.2, 0.25) is 0 Å². The molecule has 2 aromatic carbocycles. The van der Waals surface area contributed by atoms with Gasteiger partial charge in [0.25, 0.3) is 17.7 Å².